The number of carboxylic acid groups (broad SMARTS) is 1. The SMILES string of the molecule is CC(C)(C)[Si](OCc1cc(OC2CCN(C(=O)O)CC2)nc(C(F)(F)F)c1)(c1ccccc1)c1ccccc1. The van der Waals surface area contributed by atoms with E-state index in [2.05, 4.69) is 25.8 Å². The number of ether oxygens (including phenoxy) is 1. The fraction of sp³-hybridized carbons (Fsp3) is 0.379. The molecule has 0 radical (unpaired) electrons. The molecule has 1 aliphatic heterocycles. The standard InChI is InChI=1S/C29H33F3N2O4Si/c1-28(2,3)39(23-10-6-4-7-11-23,24-12-8-5-9-13-24)37-20-21-18-25(29(30,31)32)33-26(19-21)38-22-14-16-34(17-15-22)27(35)36/h4-13,18-19,22H,14-17,20H2,1-3H3,(H,35,36). The lowest BCUT2D eigenvalue weighted by Gasteiger charge is -2.43. The molecule has 1 aromatic heterocycles. The van der Waals surface area contributed by atoms with Crippen LogP contribution in [-0.4, -0.2) is 48.6 Å². The molecule has 3 aromatic rings. The van der Waals surface area contributed by atoms with Gasteiger partial charge in [0.25, 0.3) is 8.32 Å². The van der Waals surface area contributed by atoms with Gasteiger partial charge in [0.2, 0.25) is 5.88 Å². The lowest BCUT2D eigenvalue weighted by Crippen LogP contribution is -2.66. The summed E-state index contributed by atoms with van der Waals surface area (Å²) in [4.78, 5) is 16.2. The Bertz CT molecular complexity index is 1220. The number of hydrogen-bond donors (Lipinski definition) is 1. The van der Waals surface area contributed by atoms with Crippen molar-refractivity contribution in [2.24, 2.45) is 0 Å². The summed E-state index contributed by atoms with van der Waals surface area (Å²) in [5.41, 5.74) is -0.743. The van der Waals surface area contributed by atoms with Crippen LogP contribution >= 0.6 is 0 Å². The second kappa shape index (κ2) is 11.4. The predicted octanol–water partition coefficient (Wildman–Crippen LogP) is 5.70. The molecule has 0 spiro atoms. The highest BCUT2D eigenvalue weighted by atomic mass is 28.4. The van der Waals surface area contributed by atoms with Crippen molar-refractivity contribution in [3.05, 3.63) is 84.1 Å². The molecule has 0 unspecified atom stereocenters. The smallest absolute Gasteiger partial charge is 0.433 e. The third kappa shape index (κ3) is 6.44. The molecule has 2 heterocycles. The van der Waals surface area contributed by atoms with Crippen molar-refractivity contribution in [1.82, 2.24) is 9.88 Å². The van der Waals surface area contributed by atoms with Gasteiger partial charge < -0.3 is 19.2 Å². The largest absolute Gasteiger partial charge is 0.474 e. The predicted molar refractivity (Wildman–Crippen MR) is 145 cm³/mol. The van der Waals surface area contributed by atoms with Gasteiger partial charge >= 0.3 is 12.3 Å². The maximum Gasteiger partial charge on any atom is 0.433 e. The van der Waals surface area contributed by atoms with Crippen molar-refractivity contribution in [2.75, 3.05) is 13.1 Å². The first kappa shape index (κ1) is 28.6. The molecule has 39 heavy (non-hydrogen) atoms. The normalized spacial score (nSPS) is 15.3. The minimum absolute atomic E-state index is 0.0628. The molecule has 0 aliphatic carbocycles. The molecule has 4 rings (SSSR count). The number of rotatable bonds is 7. The molecule has 1 saturated heterocycles. The van der Waals surface area contributed by atoms with Gasteiger partial charge in [-0.2, -0.15) is 13.2 Å². The van der Waals surface area contributed by atoms with E-state index in [1.165, 1.54) is 11.0 Å². The number of aromatic nitrogens is 1. The molecule has 2 aromatic carbocycles. The molecule has 0 saturated carbocycles. The van der Waals surface area contributed by atoms with E-state index in [0.29, 0.717) is 18.4 Å². The number of piperidine rings is 1. The van der Waals surface area contributed by atoms with Gasteiger partial charge in [0, 0.05) is 32.0 Å². The van der Waals surface area contributed by atoms with Crippen molar-refractivity contribution in [2.45, 2.75) is 57.5 Å². The summed E-state index contributed by atoms with van der Waals surface area (Å²) >= 11 is 0. The lowest BCUT2D eigenvalue weighted by molar-refractivity contribution is -0.141. The Kier molecular flexibility index (Phi) is 8.36. The first-order valence-corrected chi connectivity index (χ1v) is 14.8. The zero-order valence-corrected chi connectivity index (χ0v) is 23.2. The summed E-state index contributed by atoms with van der Waals surface area (Å²) in [5, 5.41) is 10.9. The molecule has 1 amide bonds. The highest BCUT2D eigenvalue weighted by Gasteiger charge is 2.50. The van der Waals surface area contributed by atoms with Gasteiger partial charge in [-0.1, -0.05) is 81.4 Å². The number of hydrogen-bond acceptors (Lipinski definition) is 4. The third-order valence-corrected chi connectivity index (χ3v) is 12.0. The number of nitrogens with zero attached hydrogens (tertiary/aromatic N) is 2. The Balaban J connectivity index is 1.68. The van der Waals surface area contributed by atoms with Gasteiger partial charge in [0.1, 0.15) is 11.8 Å². The Morgan fingerprint density at radius 1 is 0.974 bits per heavy atom. The Hall–Kier alpha value is -3.37. The molecule has 1 aliphatic rings. The highest BCUT2D eigenvalue weighted by Crippen LogP contribution is 2.38. The van der Waals surface area contributed by atoms with E-state index in [4.69, 9.17) is 14.3 Å². The van der Waals surface area contributed by atoms with Gasteiger partial charge in [-0.15, -0.1) is 0 Å². The number of halogens is 3. The van der Waals surface area contributed by atoms with E-state index in [-0.39, 0.29) is 30.6 Å². The minimum Gasteiger partial charge on any atom is -0.474 e. The summed E-state index contributed by atoms with van der Waals surface area (Å²) in [6, 6.07) is 22.3. The average Bonchev–Trinajstić information content (AvgIpc) is 2.89. The summed E-state index contributed by atoms with van der Waals surface area (Å²) < 4.78 is 54.2. The number of pyridine rings is 1. The average molecular weight is 559 g/mol. The van der Waals surface area contributed by atoms with Crippen molar-refractivity contribution in [3.8, 4) is 5.88 Å². The molecule has 0 bridgehead atoms. The zero-order chi connectivity index (χ0) is 28.3. The van der Waals surface area contributed by atoms with Crippen molar-refractivity contribution >= 4 is 24.8 Å². The maximum absolute atomic E-state index is 13.8. The molecule has 0 atom stereocenters. The molecule has 208 valence electrons. The van der Waals surface area contributed by atoms with E-state index in [9.17, 15) is 18.0 Å². The Morgan fingerprint density at radius 3 is 1.97 bits per heavy atom. The van der Waals surface area contributed by atoms with Crippen LogP contribution in [0.1, 0.15) is 44.9 Å². The monoisotopic (exact) mass is 558 g/mol. The van der Waals surface area contributed by atoms with Gasteiger partial charge in [0.15, 0.2) is 0 Å². The van der Waals surface area contributed by atoms with Crippen molar-refractivity contribution in [3.63, 3.8) is 0 Å². The third-order valence-electron chi connectivity index (χ3n) is 7.02. The van der Waals surface area contributed by atoms with Crippen molar-refractivity contribution < 1.29 is 32.2 Å². The van der Waals surface area contributed by atoms with E-state index >= 15 is 0 Å². The van der Waals surface area contributed by atoms with Crippen LogP contribution in [0.25, 0.3) is 0 Å². The Morgan fingerprint density at radius 2 is 1.51 bits per heavy atom. The number of carbonyl (C=O) groups is 1. The summed E-state index contributed by atoms with van der Waals surface area (Å²) in [6.07, 6.45) is -5.37. The van der Waals surface area contributed by atoms with E-state index in [1.807, 2.05) is 60.7 Å². The second-order valence-corrected chi connectivity index (χ2v) is 15.0. The van der Waals surface area contributed by atoms with Gasteiger partial charge in [0.05, 0.1) is 6.61 Å². The first-order valence-electron chi connectivity index (χ1n) is 12.9. The number of alkyl halides is 3. The van der Waals surface area contributed by atoms with E-state index in [0.717, 1.165) is 16.4 Å². The van der Waals surface area contributed by atoms with Crippen molar-refractivity contribution in [1.29, 1.82) is 0 Å². The van der Waals surface area contributed by atoms with Crippen LogP contribution < -0.4 is 15.1 Å². The van der Waals surface area contributed by atoms with Crippen LogP contribution in [0.2, 0.25) is 5.04 Å². The molecule has 6 nitrogen and oxygen atoms in total. The topological polar surface area (TPSA) is 71.9 Å². The van der Waals surface area contributed by atoms with Crippen LogP contribution in [0.4, 0.5) is 18.0 Å². The van der Waals surface area contributed by atoms with Crippen LogP contribution in [0, 0.1) is 0 Å². The van der Waals surface area contributed by atoms with Crippen LogP contribution in [0.5, 0.6) is 5.88 Å². The highest BCUT2D eigenvalue weighted by molar-refractivity contribution is 6.99. The first-order chi connectivity index (χ1) is 18.4. The summed E-state index contributed by atoms with van der Waals surface area (Å²) in [6.45, 7) is 6.75. The molecular weight excluding hydrogens is 525 g/mol. The number of benzene rings is 2. The fourth-order valence-corrected chi connectivity index (χ4v) is 9.68. The molecule has 10 heteroatoms. The van der Waals surface area contributed by atoms with Gasteiger partial charge in [-0.25, -0.2) is 9.78 Å². The van der Waals surface area contributed by atoms with Gasteiger partial charge in [-0.05, 0) is 27.0 Å². The van der Waals surface area contributed by atoms with Crippen LogP contribution in [-0.2, 0) is 17.2 Å². The number of amides is 1. The molecule has 1 N–H and O–H groups in total. The lowest BCUT2D eigenvalue weighted by atomic mass is 10.1. The zero-order valence-electron chi connectivity index (χ0n) is 22.2. The summed E-state index contributed by atoms with van der Waals surface area (Å²) in [5.74, 6) is -0.139. The minimum atomic E-state index is -4.67. The van der Waals surface area contributed by atoms with Crippen LogP contribution in [0.3, 0.4) is 0 Å². The molecular formula is C29H33F3N2O4Si. The van der Waals surface area contributed by atoms with Crippen LogP contribution in [0.15, 0.2) is 72.8 Å². The van der Waals surface area contributed by atoms with E-state index in [1.54, 1.807) is 0 Å². The fourth-order valence-electron chi connectivity index (χ4n) is 5.14. The maximum atomic E-state index is 13.8. The Labute approximate surface area is 227 Å². The summed E-state index contributed by atoms with van der Waals surface area (Å²) in [7, 11) is -2.98. The van der Waals surface area contributed by atoms with E-state index < -0.39 is 32.4 Å². The molecule has 1 fully saturated rings. The van der Waals surface area contributed by atoms with Gasteiger partial charge in [-0.3, -0.25) is 0 Å². The quantitative estimate of drug-likeness (QED) is 0.377. The number of likely N-dealkylation sites (tertiary alicyclic amines) is 1. The second-order valence-electron chi connectivity index (χ2n) is 10.7.